The molecule has 1 aliphatic heterocycles. The van der Waals surface area contributed by atoms with E-state index in [-0.39, 0.29) is 12.4 Å². The molecule has 1 fully saturated rings. The Morgan fingerprint density at radius 2 is 2.21 bits per heavy atom. The number of nitrogens with zero attached hydrogens (tertiary/aromatic N) is 1. The molecule has 102 valence electrons. The van der Waals surface area contributed by atoms with Crippen LogP contribution in [0.15, 0.2) is 41.1 Å². The Bertz CT molecular complexity index is 513. The first kappa shape index (κ1) is 14.4. The van der Waals surface area contributed by atoms with Gasteiger partial charge < -0.3 is 5.73 Å². The zero-order valence-electron chi connectivity index (χ0n) is 10.8. The van der Waals surface area contributed by atoms with E-state index in [1.807, 2.05) is 12.1 Å². The summed E-state index contributed by atoms with van der Waals surface area (Å²) in [7, 11) is 0. The maximum atomic E-state index is 5.85. The average Bonchev–Trinajstić information content (AvgIpc) is 2.98. The zero-order valence-corrected chi connectivity index (χ0v) is 12.4. The Hall–Kier alpha value is -1.03. The second-order valence-corrected chi connectivity index (χ2v) is 5.71. The third kappa shape index (κ3) is 3.30. The molecule has 0 amide bonds. The highest BCUT2D eigenvalue weighted by Crippen LogP contribution is 2.34. The number of benzene rings is 1. The SMILES string of the molecule is Cl.Nc1cccc(CN2CCCC2c2ccsc2)c1. The minimum Gasteiger partial charge on any atom is -0.399 e. The fraction of sp³-hybridized carbons (Fsp3) is 0.333. The van der Waals surface area contributed by atoms with Gasteiger partial charge in [-0.25, -0.2) is 0 Å². The predicted molar refractivity (Wildman–Crippen MR) is 84.8 cm³/mol. The molecule has 1 saturated heterocycles. The Kier molecular flexibility index (Phi) is 4.86. The fourth-order valence-electron chi connectivity index (χ4n) is 2.78. The van der Waals surface area contributed by atoms with Crippen LogP contribution in [0.25, 0.3) is 0 Å². The van der Waals surface area contributed by atoms with Crippen LogP contribution in [-0.2, 0) is 6.54 Å². The van der Waals surface area contributed by atoms with Crippen molar-refractivity contribution in [3.8, 4) is 0 Å². The van der Waals surface area contributed by atoms with Gasteiger partial charge in [0.2, 0.25) is 0 Å². The van der Waals surface area contributed by atoms with E-state index in [1.54, 1.807) is 11.3 Å². The highest BCUT2D eigenvalue weighted by molar-refractivity contribution is 7.07. The van der Waals surface area contributed by atoms with E-state index in [0.29, 0.717) is 6.04 Å². The standard InChI is InChI=1S/C15H18N2S.ClH/c16-14-4-1-3-12(9-14)10-17-7-2-5-15(17)13-6-8-18-11-13;/h1,3-4,6,8-9,11,15H,2,5,7,10,16H2;1H. The summed E-state index contributed by atoms with van der Waals surface area (Å²) in [5.74, 6) is 0. The van der Waals surface area contributed by atoms with Gasteiger partial charge in [0.15, 0.2) is 0 Å². The van der Waals surface area contributed by atoms with Crippen molar-refractivity contribution in [1.82, 2.24) is 4.90 Å². The van der Waals surface area contributed by atoms with Gasteiger partial charge >= 0.3 is 0 Å². The van der Waals surface area contributed by atoms with Crippen LogP contribution >= 0.6 is 23.7 Å². The first-order valence-corrected chi connectivity index (χ1v) is 7.38. The molecule has 0 bridgehead atoms. The largest absolute Gasteiger partial charge is 0.399 e. The lowest BCUT2D eigenvalue weighted by molar-refractivity contribution is 0.249. The summed E-state index contributed by atoms with van der Waals surface area (Å²) < 4.78 is 0. The molecule has 1 aromatic carbocycles. The molecule has 1 atom stereocenters. The van der Waals surface area contributed by atoms with Gasteiger partial charge in [-0.05, 0) is 59.5 Å². The van der Waals surface area contributed by atoms with E-state index < -0.39 is 0 Å². The molecule has 19 heavy (non-hydrogen) atoms. The molecule has 1 aliphatic rings. The molecular formula is C15H19ClN2S. The Morgan fingerprint density at radius 3 is 2.95 bits per heavy atom. The Morgan fingerprint density at radius 1 is 1.32 bits per heavy atom. The van der Waals surface area contributed by atoms with Crippen LogP contribution in [0.5, 0.6) is 0 Å². The van der Waals surface area contributed by atoms with E-state index in [9.17, 15) is 0 Å². The van der Waals surface area contributed by atoms with Crippen LogP contribution in [0.2, 0.25) is 0 Å². The first-order valence-electron chi connectivity index (χ1n) is 6.43. The second-order valence-electron chi connectivity index (χ2n) is 4.93. The van der Waals surface area contributed by atoms with Gasteiger partial charge in [-0.15, -0.1) is 12.4 Å². The number of hydrogen-bond donors (Lipinski definition) is 1. The van der Waals surface area contributed by atoms with E-state index >= 15 is 0 Å². The molecule has 0 saturated carbocycles. The zero-order chi connectivity index (χ0) is 12.4. The van der Waals surface area contributed by atoms with Crippen LogP contribution in [0.4, 0.5) is 5.69 Å². The number of nitrogens with two attached hydrogens (primary N) is 1. The van der Waals surface area contributed by atoms with Crippen molar-refractivity contribution in [2.75, 3.05) is 12.3 Å². The predicted octanol–water partition coefficient (Wildman–Crippen LogP) is 4.09. The minimum absolute atomic E-state index is 0. The van der Waals surface area contributed by atoms with E-state index in [0.717, 1.165) is 12.2 Å². The van der Waals surface area contributed by atoms with Crippen LogP contribution in [0.3, 0.4) is 0 Å². The summed E-state index contributed by atoms with van der Waals surface area (Å²) in [5.41, 5.74) is 9.50. The van der Waals surface area contributed by atoms with E-state index in [2.05, 4.69) is 33.9 Å². The molecule has 2 nitrogen and oxygen atoms in total. The van der Waals surface area contributed by atoms with Crippen LogP contribution in [0.1, 0.15) is 30.0 Å². The van der Waals surface area contributed by atoms with Crippen molar-refractivity contribution in [2.45, 2.75) is 25.4 Å². The summed E-state index contributed by atoms with van der Waals surface area (Å²) in [4.78, 5) is 2.57. The van der Waals surface area contributed by atoms with Gasteiger partial charge in [-0.2, -0.15) is 11.3 Å². The van der Waals surface area contributed by atoms with Gasteiger partial charge in [0.1, 0.15) is 0 Å². The lowest BCUT2D eigenvalue weighted by Crippen LogP contribution is -2.22. The summed E-state index contributed by atoms with van der Waals surface area (Å²) in [6.45, 7) is 2.20. The Labute approximate surface area is 124 Å². The van der Waals surface area contributed by atoms with Gasteiger partial charge in [0.05, 0.1) is 0 Å². The lowest BCUT2D eigenvalue weighted by atomic mass is 10.1. The first-order chi connectivity index (χ1) is 8.83. The van der Waals surface area contributed by atoms with Crippen molar-refractivity contribution in [1.29, 1.82) is 0 Å². The molecular weight excluding hydrogens is 276 g/mol. The second kappa shape index (κ2) is 6.42. The normalized spacial score (nSPS) is 19.3. The average molecular weight is 295 g/mol. The number of thiophene rings is 1. The van der Waals surface area contributed by atoms with Gasteiger partial charge in [-0.1, -0.05) is 12.1 Å². The smallest absolute Gasteiger partial charge is 0.0360 e. The molecule has 2 N–H and O–H groups in total. The van der Waals surface area contributed by atoms with Crippen molar-refractivity contribution >= 4 is 29.4 Å². The third-order valence-electron chi connectivity index (χ3n) is 3.63. The molecule has 1 aromatic heterocycles. The molecule has 4 heteroatoms. The fourth-order valence-corrected chi connectivity index (χ4v) is 3.49. The maximum Gasteiger partial charge on any atom is 0.0360 e. The Balaban J connectivity index is 0.00000133. The minimum atomic E-state index is 0. The molecule has 2 aromatic rings. The monoisotopic (exact) mass is 294 g/mol. The third-order valence-corrected chi connectivity index (χ3v) is 4.33. The van der Waals surface area contributed by atoms with Gasteiger partial charge in [-0.3, -0.25) is 4.90 Å². The molecule has 3 rings (SSSR count). The quantitative estimate of drug-likeness (QED) is 0.864. The van der Waals surface area contributed by atoms with Gasteiger partial charge in [0.25, 0.3) is 0 Å². The van der Waals surface area contributed by atoms with Crippen LogP contribution in [0, 0.1) is 0 Å². The molecule has 2 heterocycles. The topological polar surface area (TPSA) is 29.3 Å². The number of hydrogen-bond acceptors (Lipinski definition) is 3. The molecule has 1 unspecified atom stereocenters. The molecule has 0 radical (unpaired) electrons. The van der Waals surface area contributed by atoms with Gasteiger partial charge in [0, 0.05) is 18.3 Å². The summed E-state index contributed by atoms with van der Waals surface area (Å²) >= 11 is 1.79. The van der Waals surface area contributed by atoms with Crippen LogP contribution < -0.4 is 5.73 Å². The summed E-state index contributed by atoms with van der Waals surface area (Å²) in [6.07, 6.45) is 2.57. The number of halogens is 1. The van der Waals surface area contributed by atoms with Crippen molar-refractivity contribution in [3.63, 3.8) is 0 Å². The van der Waals surface area contributed by atoms with E-state index in [4.69, 9.17) is 5.73 Å². The summed E-state index contributed by atoms with van der Waals surface area (Å²) in [5, 5.41) is 4.45. The number of rotatable bonds is 3. The highest BCUT2D eigenvalue weighted by atomic mass is 35.5. The van der Waals surface area contributed by atoms with Crippen molar-refractivity contribution in [3.05, 3.63) is 52.2 Å². The lowest BCUT2D eigenvalue weighted by Gasteiger charge is -2.24. The number of anilines is 1. The molecule has 0 aliphatic carbocycles. The molecule has 0 spiro atoms. The highest BCUT2D eigenvalue weighted by Gasteiger charge is 2.25. The van der Waals surface area contributed by atoms with E-state index in [1.165, 1.54) is 30.5 Å². The van der Waals surface area contributed by atoms with Crippen molar-refractivity contribution in [2.24, 2.45) is 0 Å². The number of likely N-dealkylation sites (tertiary alicyclic amines) is 1. The maximum absolute atomic E-state index is 5.85. The summed E-state index contributed by atoms with van der Waals surface area (Å²) in [6, 6.07) is 11.1. The number of nitrogen functional groups attached to an aromatic ring is 1. The van der Waals surface area contributed by atoms with Crippen molar-refractivity contribution < 1.29 is 0 Å². The van der Waals surface area contributed by atoms with Crippen LogP contribution in [-0.4, -0.2) is 11.4 Å².